The predicted octanol–water partition coefficient (Wildman–Crippen LogP) is 2.99. The highest BCUT2D eigenvalue weighted by molar-refractivity contribution is 7.09. The fraction of sp³-hybridized carbons (Fsp3) is 0.375. The Morgan fingerprint density at radius 3 is 2.95 bits per heavy atom. The van der Waals surface area contributed by atoms with E-state index < -0.39 is 0 Å². The fourth-order valence-corrected chi connectivity index (χ4v) is 3.14. The summed E-state index contributed by atoms with van der Waals surface area (Å²) in [6.45, 7) is 1.86. The molecule has 2 heterocycles. The number of benzene rings is 1. The summed E-state index contributed by atoms with van der Waals surface area (Å²) in [7, 11) is 0. The van der Waals surface area contributed by atoms with Crippen LogP contribution in [0.3, 0.4) is 0 Å². The van der Waals surface area contributed by atoms with Crippen molar-refractivity contribution in [2.24, 2.45) is 5.92 Å². The van der Waals surface area contributed by atoms with Gasteiger partial charge in [0.05, 0.1) is 12.2 Å². The molecule has 0 unspecified atom stereocenters. The molecule has 1 aliphatic heterocycles. The van der Waals surface area contributed by atoms with E-state index >= 15 is 0 Å². The number of rotatable bonds is 5. The van der Waals surface area contributed by atoms with Gasteiger partial charge in [0.1, 0.15) is 10.8 Å². The quantitative estimate of drug-likeness (QED) is 0.921. The van der Waals surface area contributed by atoms with Gasteiger partial charge in [-0.3, -0.25) is 4.79 Å². The van der Waals surface area contributed by atoms with E-state index in [0.717, 1.165) is 29.3 Å². The molecule has 1 atom stereocenters. The summed E-state index contributed by atoms with van der Waals surface area (Å²) >= 11 is 1.49. The van der Waals surface area contributed by atoms with Crippen LogP contribution in [0.4, 0.5) is 4.39 Å². The molecule has 1 aromatic heterocycles. The lowest BCUT2D eigenvalue weighted by Gasteiger charge is -2.07. The van der Waals surface area contributed by atoms with E-state index in [4.69, 9.17) is 4.74 Å². The normalized spacial score (nSPS) is 17.6. The number of ether oxygens (including phenoxy) is 1. The van der Waals surface area contributed by atoms with Crippen molar-refractivity contribution in [1.82, 2.24) is 10.3 Å². The van der Waals surface area contributed by atoms with Gasteiger partial charge < -0.3 is 10.1 Å². The van der Waals surface area contributed by atoms with Crippen LogP contribution >= 0.6 is 11.3 Å². The average molecular weight is 320 g/mol. The van der Waals surface area contributed by atoms with Crippen LogP contribution in [0.25, 0.3) is 11.3 Å². The summed E-state index contributed by atoms with van der Waals surface area (Å²) in [6.07, 6.45) is 1.47. The number of hydrogen-bond acceptors (Lipinski definition) is 4. The summed E-state index contributed by atoms with van der Waals surface area (Å²) in [5, 5.41) is 5.65. The zero-order chi connectivity index (χ0) is 15.4. The molecule has 0 radical (unpaired) electrons. The molecular formula is C16H17FN2O2S. The molecule has 1 aliphatic rings. The molecule has 2 aromatic rings. The number of halogens is 1. The zero-order valence-electron chi connectivity index (χ0n) is 12.0. The van der Waals surface area contributed by atoms with Crippen molar-refractivity contribution in [3.8, 4) is 11.3 Å². The van der Waals surface area contributed by atoms with Crippen molar-refractivity contribution >= 4 is 17.2 Å². The summed E-state index contributed by atoms with van der Waals surface area (Å²) in [5.41, 5.74) is 1.68. The van der Waals surface area contributed by atoms with E-state index in [1.54, 1.807) is 12.1 Å². The average Bonchev–Trinajstić information content (AvgIpc) is 3.17. The van der Waals surface area contributed by atoms with Crippen LogP contribution in [-0.4, -0.2) is 24.1 Å². The van der Waals surface area contributed by atoms with E-state index in [2.05, 4.69) is 10.3 Å². The first-order valence-electron chi connectivity index (χ1n) is 7.25. The van der Waals surface area contributed by atoms with Gasteiger partial charge in [0.15, 0.2) is 0 Å². The molecule has 6 heteroatoms. The van der Waals surface area contributed by atoms with E-state index in [1.807, 2.05) is 5.38 Å². The lowest BCUT2D eigenvalue weighted by Crippen LogP contribution is -2.25. The molecule has 1 amide bonds. The standard InChI is InChI=1S/C16H17FN2O2S/c17-13-3-1-12(2-4-13)14-10-22-16(19-14)8-18-15(20)7-11-5-6-21-9-11/h1-4,10-11H,5-9H2,(H,18,20)/t11-/m0/s1. The molecule has 4 nitrogen and oxygen atoms in total. The Balaban J connectivity index is 1.53. The third-order valence-electron chi connectivity index (χ3n) is 3.63. The highest BCUT2D eigenvalue weighted by atomic mass is 32.1. The first-order chi connectivity index (χ1) is 10.7. The van der Waals surface area contributed by atoms with Gasteiger partial charge in [0.2, 0.25) is 5.91 Å². The number of aromatic nitrogens is 1. The van der Waals surface area contributed by atoms with Crippen molar-refractivity contribution in [3.63, 3.8) is 0 Å². The highest BCUT2D eigenvalue weighted by Crippen LogP contribution is 2.22. The number of thiazole rings is 1. The van der Waals surface area contributed by atoms with E-state index in [9.17, 15) is 9.18 Å². The molecule has 0 saturated carbocycles. The summed E-state index contributed by atoms with van der Waals surface area (Å²) in [6, 6.07) is 6.24. The number of carbonyl (C=O) groups excluding carboxylic acids is 1. The molecule has 1 aromatic carbocycles. The zero-order valence-corrected chi connectivity index (χ0v) is 12.9. The van der Waals surface area contributed by atoms with Crippen LogP contribution in [0.5, 0.6) is 0 Å². The number of nitrogens with zero attached hydrogens (tertiary/aromatic N) is 1. The molecule has 0 aliphatic carbocycles. The summed E-state index contributed by atoms with van der Waals surface area (Å²) in [5.74, 6) is 0.113. The number of amides is 1. The van der Waals surface area contributed by atoms with Gasteiger partial charge >= 0.3 is 0 Å². The molecule has 0 bridgehead atoms. The van der Waals surface area contributed by atoms with E-state index in [1.165, 1.54) is 23.5 Å². The highest BCUT2D eigenvalue weighted by Gasteiger charge is 2.19. The van der Waals surface area contributed by atoms with Crippen LogP contribution in [0.15, 0.2) is 29.6 Å². The number of hydrogen-bond donors (Lipinski definition) is 1. The Morgan fingerprint density at radius 2 is 2.23 bits per heavy atom. The second-order valence-electron chi connectivity index (χ2n) is 5.34. The molecule has 3 rings (SSSR count). The summed E-state index contributed by atoms with van der Waals surface area (Å²) in [4.78, 5) is 16.3. The Bertz CT molecular complexity index is 636. The molecule has 1 saturated heterocycles. The minimum Gasteiger partial charge on any atom is -0.381 e. The first kappa shape index (κ1) is 15.1. The Kier molecular flexibility index (Phi) is 4.80. The lowest BCUT2D eigenvalue weighted by atomic mass is 10.1. The van der Waals surface area contributed by atoms with Gasteiger partial charge in [-0.25, -0.2) is 9.37 Å². The second-order valence-corrected chi connectivity index (χ2v) is 6.29. The van der Waals surface area contributed by atoms with Crippen molar-refractivity contribution in [1.29, 1.82) is 0 Å². The molecule has 116 valence electrons. The third-order valence-corrected chi connectivity index (χ3v) is 4.48. The Hall–Kier alpha value is -1.79. The monoisotopic (exact) mass is 320 g/mol. The maximum Gasteiger partial charge on any atom is 0.220 e. The smallest absolute Gasteiger partial charge is 0.220 e. The number of nitrogens with one attached hydrogen (secondary N) is 1. The van der Waals surface area contributed by atoms with Crippen LogP contribution in [-0.2, 0) is 16.1 Å². The molecular weight excluding hydrogens is 303 g/mol. The fourth-order valence-electron chi connectivity index (χ4n) is 2.40. The van der Waals surface area contributed by atoms with Crippen molar-refractivity contribution in [3.05, 3.63) is 40.5 Å². The third kappa shape index (κ3) is 3.90. The minimum atomic E-state index is -0.262. The summed E-state index contributed by atoms with van der Waals surface area (Å²) < 4.78 is 18.2. The van der Waals surface area contributed by atoms with Crippen molar-refractivity contribution in [2.75, 3.05) is 13.2 Å². The lowest BCUT2D eigenvalue weighted by molar-refractivity contribution is -0.122. The largest absolute Gasteiger partial charge is 0.381 e. The van der Waals surface area contributed by atoms with E-state index in [-0.39, 0.29) is 11.7 Å². The number of carbonyl (C=O) groups is 1. The maximum absolute atomic E-state index is 12.9. The minimum absolute atomic E-state index is 0.0361. The maximum atomic E-state index is 12.9. The SMILES string of the molecule is O=C(C[C@@H]1CCOC1)NCc1nc(-c2ccc(F)cc2)cs1. The van der Waals surface area contributed by atoms with Crippen LogP contribution in [0, 0.1) is 11.7 Å². The Morgan fingerprint density at radius 1 is 1.41 bits per heavy atom. The molecule has 1 N–H and O–H groups in total. The first-order valence-corrected chi connectivity index (χ1v) is 8.13. The van der Waals surface area contributed by atoms with Gasteiger partial charge in [-0.15, -0.1) is 11.3 Å². The molecule has 0 spiro atoms. The van der Waals surface area contributed by atoms with Gasteiger partial charge in [0, 0.05) is 30.6 Å². The van der Waals surface area contributed by atoms with E-state index in [0.29, 0.717) is 25.5 Å². The van der Waals surface area contributed by atoms with Crippen LogP contribution in [0.2, 0.25) is 0 Å². The molecule has 22 heavy (non-hydrogen) atoms. The van der Waals surface area contributed by atoms with Gasteiger partial charge in [-0.05, 0) is 36.6 Å². The second kappa shape index (κ2) is 6.98. The predicted molar refractivity (Wildman–Crippen MR) is 82.9 cm³/mol. The topological polar surface area (TPSA) is 51.2 Å². The van der Waals surface area contributed by atoms with Crippen molar-refractivity contribution in [2.45, 2.75) is 19.4 Å². The van der Waals surface area contributed by atoms with Gasteiger partial charge in [-0.1, -0.05) is 0 Å². The Labute approximate surface area is 132 Å². The molecule has 1 fully saturated rings. The van der Waals surface area contributed by atoms with Gasteiger partial charge in [-0.2, -0.15) is 0 Å². The van der Waals surface area contributed by atoms with Crippen LogP contribution in [0.1, 0.15) is 17.8 Å². The van der Waals surface area contributed by atoms with Gasteiger partial charge in [0.25, 0.3) is 0 Å². The van der Waals surface area contributed by atoms with Crippen molar-refractivity contribution < 1.29 is 13.9 Å². The van der Waals surface area contributed by atoms with Crippen LogP contribution < -0.4 is 5.32 Å².